The minimum atomic E-state index is 0. The fraction of sp³-hybridized carbons (Fsp3) is 0.429. The maximum atomic E-state index is 3.39. The van der Waals surface area contributed by atoms with E-state index in [1.165, 1.54) is 16.7 Å². The fourth-order valence-corrected chi connectivity index (χ4v) is 2.60. The zero-order valence-electron chi connectivity index (χ0n) is 9.58. The van der Waals surface area contributed by atoms with Gasteiger partial charge in [0.1, 0.15) is 0 Å². The summed E-state index contributed by atoms with van der Waals surface area (Å²) in [6, 6.07) is 0. The van der Waals surface area contributed by atoms with Gasteiger partial charge in [0.05, 0.1) is 0 Å². The third-order valence-electron chi connectivity index (χ3n) is 3.55. The second-order valence-corrected chi connectivity index (χ2v) is 4.16. The molecule has 0 amide bonds. The molecule has 1 heteroatoms. The molecule has 0 aromatic carbocycles. The van der Waals surface area contributed by atoms with Crippen LogP contribution in [-0.4, -0.2) is 0 Å². The van der Waals surface area contributed by atoms with Crippen molar-refractivity contribution >= 4 is 0 Å². The largest absolute Gasteiger partial charge is 0.269 e. The van der Waals surface area contributed by atoms with Crippen LogP contribution >= 0.6 is 0 Å². The van der Waals surface area contributed by atoms with E-state index in [-0.39, 0.29) is 22.5 Å². The second-order valence-electron chi connectivity index (χ2n) is 4.16. The van der Waals surface area contributed by atoms with Crippen LogP contribution in [0, 0.1) is 11.5 Å². The van der Waals surface area contributed by atoms with Crippen LogP contribution in [0.2, 0.25) is 0 Å². The first-order valence-corrected chi connectivity index (χ1v) is 5.36. The molecule has 0 aromatic rings. The van der Waals surface area contributed by atoms with Crippen LogP contribution < -0.4 is 0 Å². The zero-order chi connectivity index (χ0) is 10.2. The summed E-state index contributed by atoms with van der Waals surface area (Å²) in [7, 11) is 0. The number of rotatable bonds is 2. The molecular weight excluding hydrogens is 224 g/mol. The Morgan fingerprint density at radius 1 is 1.40 bits per heavy atom. The minimum absolute atomic E-state index is 0. The van der Waals surface area contributed by atoms with E-state index in [9.17, 15) is 0 Å². The van der Waals surface area contributed by atoms with E-state index in [0.717, 1.165) is 12.8 Å². The predicted octanol–water partition coefficient (Wildman–Crippen LogP) is 3.98. The average molecular weight is 241 g/mol. The van der Waals surface area contributed by atoms with Crippen LogP contribution in [0.3, 0.4) is 0 Å². The molecule has 1 unspecified atom stereocenters. The van der Waals surface area contributed by atoms with Crippen molar-refractivity contribution in [3.63, 3.8) is 0 Å². The summed E-state index contributed by atoms with van der Waals surface area (Å²) < 4.78 is 0. The molecule has 0 saturated heterocycles. The van der Waals surface area contributed by atoms with Crippen LogP contribution in [0.25, 0.3) is 0 Å². The summed E-state index contributed by atoms with van der Waals surface area (Å²) in [6.07, 6.45) is 14.6. The molecule has 82 valence electrons. The molecule has 15 heavy (non-hydrogen) atoms. The van der Waals surface area contributed by atoms with Gasteiger partial charge in [0, 0.05) is 17.1 Å². The van der Waals surface area contributed by atoms with Gasteiger partial charge in [-0.15, -0.1) is 6.42 Å². The van der Waals surface area contributed by atoms with Gasteiger partial charge in [-0.1, -0.05) is 44.1 Å². The van der Waals surface area contributed by atoms with Gasteiger partial charge in [0.2, 0.25) is 0 Å². The molecule has 0 nitrogen and oxygen atoms in total. The Morgan fingerprint density at radius 2 is 2.13 bits per heavy atom. The third-order valence-corrected chi connectivity index (χ3v) is 3.55. The Hall–Kier alpha value is -0.521. The van der Waals surface area contributed by atoms with Gasteiger partial charge in [-0.2, -0.15) is 11.6 Å². The van der Waals surface area contributed by atoms with E-state index < -0.39 is 0 Å². The van der Waals surface area contributed by atoms with E-state index in [0.29, 0.717) is 0 Å². The van der Waals surface area contributed by atoms with Crippen molar-refractivity contribution in [2.75, 3.05) is 0 Å². The summed E-state index contributed by atoms with van der Waals surface area (Å²) in [4.78, 5) is 0. The molecule has 0 bridgehead atoms. The maximum absolute atomic E-state index is 3.39. The molecule has 0 aromatic heterocycles. The van der Waals surface area contributed by atoms with Crippen molar-refractivity contribution in [3.8, 4) is 0 Å². The smallest absolute Gasteiger partial charge is 0 e. The standard InChI is InChI=1S/C14H17.Fe/c1-4-14(10-6-8-12(14)3)13-9-5-7-11(13)2;/h6,8-10H,4-5H2,1-3H3;/q-1;. The van der Waals surface area contributed by atoms with E-state index in [1.807, 2.05) is 0 Å². The molecule has 0 N–H and O–H groups in total. The summed E-state index contributed by atoms with van der Waals surface area (Å²) in [5.41, 5.74) is 4.47. The van der Waals surface area contributed by atoms with Gasteiger partial charge in [-0.3, -0.25) is 6.08 Å². The van der Waals surface area contributed by atoms with Crippen molar-refractivity contribution in [2.24, 2.45) is 5.41 Å². The monoisotopic (exact) mass is 241 g/mol. The molecule has 1 atom stereocenters. The van der Waals surface area contributed by atoms with Crippen molar-refractivity contribution in [1.29, 1.82) is 0 Å². The summed E-state index contributed by atoms with van der Waals surface area (Å²) in [6.45, 7) is 6.67. The van der Waals surface area contributed by atoms with Crippen LogP contribution in [0.5, 0.6) is 0 Å². The third kappa shape index (κ3) is 1.79. The average Bonchev–Trinajstić information content (AvgIpc) is 2.73. The van der Waals surface area contributed by atoms with Gasteiger partial charge in [-0.25, -0.2) is 5.57 Å². The van der Waals surface area contributed by atoms with E-state index in [1.54, 1.807) is 0 Å². The predicted molar refractivity (Wildman–Crippen MR) is 60.8 cm³/mol. The molecule has 0 heterocycles. The van der Waals surface area contributed by atoms with Gasteiger partial charge < -0.3 is 0 Å². The Morgan fingerprint density at radius 3 is 2.53 bits per heavy atom. The quantitative estimate of drug-likeness (QED) is 0.506. The molecular formula is C14H17Fe-. The van der Waals surface area contributed by atoms with Crippen LogP contribution in [0.1, 0.15) is 33.6 Å². The molecule has 0 fully saturated rings. The minimum Gasteiger partial charge on any atom is -0.269 e. The summed E-state index contributed by atoms with van der Waals surface area (Å²) in [5.74, 6) is 0. The van der Waals surface area contributed by atoms with Crippen LogP contribution in [0.4, 0.5) is 0 Å². The molecule has 0 spiro atoms. The summed E-state index contributed by atoms with van der Waals surface area (Å²) in [5, 5.41) is 0. The number of hydrogen-bond acceptors (Lipinski definition) is 0. The number of allylic oxidation sites excluding steroid dienone is 8. The molecule has 2 aliphatic carbocycles. The fourth-order valence-electron chi connectivity index (χ4n) is 2.60. The molecule has 2 rings (SSSR count). The first kappa shape index (κ1) is 12.5. The van der Waals surface area contributed by atoms with Gasteiger partial charge in [0.25, 0.3) is 0 Å². The Bertz CT molecular complexity index is 369. The van der Waals surface area contributed by atoms with E-state index in [4.69, 9.17) is 0 Å². The first-order chi connectivity index (χ1) is 6.70. The molecule has 2 aliphatic rings. The van der Waals surface area contributed by atoms with Crippen molar-refractivity contribution in [2.45, 2.75) is 33.6 Å². The topological polar surface area (TPSA) is 0 Å². The Labute approximate surface area is 103 Å². The number of hydrogen-bond donors (Lipinski definition) is 0. The van der Waals surface area contributed by atoms with E-state index in [2.05, 4.69) is 51.2 Å². The van der Waals surface area contributed by atoms with Gasteiger partial charge in [0.15, 0.2) is 0 Å². The van der Waals surface area contributed by atoms with Gasteiger partial charge >= 0.3 is 0 Å². The summed E-state index contributed by atoms with van der Waals surface area (Å²) >= 11 is 0. The molecule has 0 saturated carbocycles. The molecule has 0 aliphatic heterocycles. The normalized spacial score (nSPS) is 28.3. The maximum Gasteiger partial charge on any atom is 0 e. The first-order valence-electron chi connectivity index (χ1n) is 5.36. The molecule has 0 radical (unpaired) electrons. The van der Waals surface area contributed by atoms with Crippen molar-refractivity contribution < 1.29 is 17.1 Å². The second kappa shape index (κ2) is 4.55. The van der Waals surface area contributed by atoms with Crippen LogP contribution in [0.15, 0.2) is 41.0 Å². The zero-order valence-corrected chi connectivity index (χ0v) is 10.7. The van der Waals surface area contributed by atoms with Crippen molar-refractivity contribution in [3.05, 3.63) is 47.1 Å². The van der Waals surface area contributed by atoms with Crippen LogP contribution in [-0.2, 0) is 17.1 Å². The van der Waals surface area contributed by atoms with Gasteiger partial charge in [-0.05, 0) is 12.3 Å². The Kier molecular flexibility index (Phi) is 3.81. The SMILES string of the molecule is CCC1(C2=CC[C-]=C2C)C=CC=C1C.[Fe]. The van der Waals surface area contributed by atoms with Crippen molar-refractivity contribution in [1.82, 2.24) is 0 Å². The van der Waals surface area contributed by atoms with E-state index >= 15 is 0 Å². The Balaban J connectivity index is 0.00000112.